The first-order chi connectivity index (χ1) is 7.75. The van der Waals surface area contributed by atoms with E-state index in [1.54, 1.807) is 6.07 Å². The second-order valence-corrected chi connectivity index (χ2v) is 3.63. The number of nitrogens with two attached hydrogens (primary N) is 2. The van der Waals surface area contributed by atoms with Crippen LogP contribution in [0.2, 0.25) is 0 Å². The Hall–Kier alpha value is -2.22. The van der Waals surface area contributed by atoms with E-state index in [0.29, 0.717) is 11.4 Å². The van der Waals surface area contributed by atoms with Crippen LogP contribution in [0.3, 0.4) is 0 Å². The van der Waals surface area contributed by atoms with Crippen LogP contribution in [-0.4, -0.2) is 0 Å². The molecule has 2 aromatic rings. The molecule has 0 aliphatic carbocycles. The average Bonchev–Trinajstić information content (AvgIpc) is 2.29. The van der Waals surface area contributed by atoms with Crippen molar-refractivity contribution < 1.29 is 0 Å². The topological polar surface area (TPSA) is 52.0 Å². The largest absolute Gasteiger partial charge is 0.399 e. The molecule has 2 nitrogen and oxygen atoms in total. The van der Waals surface area contributed by atoms with Crippen LogP contribution < -0.4 is 11.5 Å². The molecule has 0 radical (unpaired) electrons. The zero-order valence-corrected chi connectivity index (χ0v) is 8.93. The molecule has 80 valence electrons. The van der Waals surface area contributed by atoms with Crippen LogP contribution in [0.25, 0.3) is 12.2 Å². The van der Waals surface area contributed by atoms with Gasteiger partial charge in [-0.2, -0.15) is 0 Å². The minimum Gasteiger partial charge on any atom is -0.399 e. The highest BCUT2D eigenvalue weighted by atomic mass is 14.6. The first-order valence-corrected chi connectivity index (χ1v) is 5.14. The summed E-state index contributed by atoms with van der Waals surface area (Å²) < 4.78 is 0. The molecule has 0 aliphatic heterocycles. The molecule has 0 spiro atoms. The Bertz CT molecular complexity index is 501. The van der Waals surface area contributed by atoms with Gasteiger partial charge in [0.15, 0.2) is 0 Å². The number of anilines is 2. The van der Waals surface area contributed by atoms with Crippen molar-refractivity contribution >= 4 is 23.5 Å². The molecule has 0 bridgehead atoms. The Morgan fingerprint density at radius 1 is 0.812 bits per heavy atom. The van der Waals surface area contributed by atoms with Crippen LogP contribution in [0.5, 0.6) is 0 Å². The minimum atomic E-state index is 0.689. The normalized spacial score (nSPS) is 10.8. The summed E-state index contributed by atoms with van der Waals surface area (Å²) in [5, 5.41) is 0. The molecular formula is C14H14N2. The minimum absolute atomic E-state index is 0.689. The van der Waals surface area contributed by atoms with Gasteiger partial charge in [-0.25, -0.2) is 0 Å². The fourth-order valence-electron chi connectivity index (χ4n) is 1.50. The molecule has 0 aliphatic rings. The third kappa shape index (κ3) is 2.42. The summed E-state index contributed by atoms with van der Waals surface area (Å²) >= 11 is 0. The lowest BCUT2D eigenvalue weighted by molar-refractivity contribution is 1.62. The SMILES string of the molecule is Nc1ccc(/C=C/c2ccccc2)c(N)c1. The lowest BCUT2D eigenvalue weighted by atomic mass is 10.1. The monoisotopic (exact) mass is 210 g/mol. The molecular weight excluding hydrogens is 196 g/mol. The highest BCUT2D eigenvalue weighted by Crippen LogP contribution is 2.18. The molecule has 2 aromatic carbocycles. The molecule has 4 N–H and O–H groups in total. The number of benzene rings is 2. The maximum Gasteiger partial charge on any atom is 0.0408 e. The van der Waals surface area contributed by atoms with Crippen molar-refractivity contribution in [2.45, 2.75) is 0 Å². The van der Waals surface area contributed by atoms with Gasteiger partial charge in [0.2, 0.25) is 0 Å². The maximum absolute atomic E-state index is 5.85. The fourth-order valence-corrected chi connectivity index (χ4v) is 1.50. The smallest absolute Gasteiger partial charge is 0.0408 e. The van der Waals surface area contributed by atoms with E-state index in [-0.39, 0.29) is 0 Å². The molecule has 0 aromatic heterocycles. The van der Waals surface area contributed by atoms with Crippen LogP contribution in [0, 0.1) is 0 Å². The molecule has 2 rings (SSSR count). The highest BCUT2D eigenvalue weighted by molar-refractivity contribution is 5.77. The predicted octanol–water partition coefficient (Wildman–Crippen LogP) is 3.02. The van der Waals surface area contributed by atoms with Gasteiger partial charge in [-0.3, -0.25) is 0 Å². The zero-order chi connectivity index (χ0) is 11.4. The van der Waals surface area contributed by atoms with Gasteiger partial charge < -0.3 is 11.5 Å². The van der Waals surface area contributed by atoms with Crippen LogP contribution in [-0.2, 0) is 0 Å². The number of rotatable bonds is 2. The van der Waals surface area contributed by atoms with E-state index >= 15 is 0 Å². The predicted molar refractivity (Wildman–Crippen MR) is 70.6 cm³/mol. The molecule has 0 atom stereocenters. The molecule has 0 fully saturated rings. The van der Waals surface area contributed by atoms with Gasteiger partial charge in [-0.15, -0.1) is 0 Å². The molecule has 2 heteroatoms. The third-order valence-corrected chi connectivity index (χ3v) is 2.37. The Morgan fingerprint density at radius 3 is 2.25 bits per heavy atom. The van der Waals surface area contributed by atoms with E-state index in [2.05, 4.69) is 0 Å². The quantitative estimate of drug-likeness (QED) is 0.591. The second-order valence-electron chi connectivity index (χ2n) is 3.63. The van der Waals surface area contributed by atoms with Crippen LogP contribution >= 0.6 is 0 Å². The van der Waals surface area contributed by atoms with Crippen LogP contribution in [0.15, 0.2) is 48.5 Å². The average molecular weight is 210 g/mol. The van der Waals surface area contributed by atoms with Crippen LogP contribution in [0.4, 0.5) is 11.4 Å². The van der Waals surface area contributed by atoms with E-state index in [4.69, 9.17) is 11.5 Å². The Labute approximate surface area is 95.2 Å². The first-order valence-electron chi connectivity index (χ1n) is 5.14. The summed E-state index contributed by atoms with van der Waals surface area (Å²) in [5.74, 6) is 0. The van der Waals surface area contributed by atoms with Crippen molar-refractivity contribution in [1.82, 2.24) is 0 Å². The third-order valence-electron chi connectivity index (χ3n) is 2.37. The lowest BCUT2D eigenvalue weighted by Gasteiger charge is -2.01. The van der Waals surface area contributed by atoms with Gasteiger partial charge in [-0.05, 0) is 23.3 Å². The van der Waals surface area contributed by atoms with E-state index in [1.807, 2.05) is 54.6 Å². The van der Waals surface area contributed by atoms with Crippen molar-refractivity contribution in [1.29, 1.82) is 0 Å². The molecule has 0 unspecified atom stereocenters. The number of hydrogen-bond donors (Lipinski definition) is 2. The Kier molecular flexibility index (Phi) is 2.92. The molecule has 0 saturated heterocycles. The number of hydrogen-bond acceptors (Lipinski definition) is 2. The summed E-state index contributed by atoms with van der Waals surface area (Å²) in [6.07, 6.45) is 4.02. The summed E-state index contributed by atoms with van der Waals surface area (Å²) in [6.45, 7) is 0. The molecule has 0 saturated carbocycles. The Balaban J connectivity index is 2.24. The summed E-state index contributed by atoms with van der Waals surface area (Å²) in [4.78, 5) is 0. The van der Waals surface area contributed by atoms with Gasteiger partial charge >= 0.3 is 0 Å². The van der Waals surface area contributed by atoms with Gasteiger partial charge in [-0.1, -0.05) is 48.6 Å². The van der Waals surface area contributed by atoms with E-state index < -0.39 is 0 Å². The highest BCUT2D eigenvalue weighted by Gasteiger charge is 1.94. The van der Waals surface area contributed by atoms with E-state index in [9.17, 15) is 0 Å². The summed E-state index contributed by atoms with van der Waals surface area (Å²) in [7, 11) is 0. The fraction of sp³-hybridized carbons (Fsp3) is 0. The van der Waals surface area contributed by atoms with Gasteiger partial charge in [0, 0.05) is 11.4 Å². The summed E-state index contributed by atoms with van der Waals surface area (Å²) in [5.41, 5.74) is 15.0. The number of nitrogen functional groups attached to an aromatic ring is 2. The zero-order valence-electron chi connectivity index (χ0n) is 8.93. The van der Waals surface area contributed by atoms with Crippen molar-refractivity contribution in [3.8, 4) is 0 Å². The molecule has 0 heterocycles. The van der Waals surface area contributed by atoms with Crippen molar-refractivity contribution in [2.24, 2.45) is 0 Å². The maximum atomic E-state index is 5.85. The van der Waals surface area contributed by atoms with Crippen molar-refractivity contribution in [2.75, 3.05) is 11.5 Å². The lowest BCUT2D eigenvalue weighted by Crippen LogP contribution is -1.92. The van der Waals surface area contributed by atoms with Crippen molar-refractivity contribution in [3.05, 3.63) is 59.7 Å². The van der Waals surface area contributed by atoms with Crippen LogP contribution in [0.1, 0.15) is 11.1 Å². The Morgan fingerprint density at radius 2 is 1.56 bits per heavy atom. The van der Waals surface area contributed by atoms with Gasteiger partial charge in [0.25, 0.3) is 0 Å². The molecule has 16 heavy (non-hydrogen) atoms. The van der Waals surface area contributed by atoms with E-state index in [1.165, 1.54) is 0 Å². The van der Waals surface area contributed by atoms with E-state index in [0.717, 1.165) is 11.1 Å². The van der Waals surface area contributed by atoms with Crippen molar-refractivity contribution in [3.63, 3.8) is 0 Å². The van der Waals surface area contributed by atoms with Gasteiger partial charge in [0.05, 0.1) is 0 Å². The van der Waals surface area contributed by atoms with Gasteiger partial charge in [0.1, 0.15) is 0 Å². The summed E-state index contributed by atoms with van der Waals surface area (Å²) in [6, 6.07) is 15.6. The second kappa shape index (κ2) is 4.53. The molecule has 0 amide bonds. The first kappa shape index (κ1) is 10.3. The standard InChI is InChI=1S/C14H14N2/c15-13-9-8-12(14(16)10-13)7-6-11-4-2-1-3-5-11/h1-10H,15-16H2/b7-6+.